The predicted octanol–water partition coefficient (Wildman–Crippen LogP) is 4.34. The van der Waals surface area contributed by atoms with Crippen LogP contribution < -0.4 is 11.1 Å². The van der Waals surface area contributed by atoms with E-state index in [-0.39, 0.29) is 23.8 Å². The largest absolute Gasteiger partial charge is 0.383 e. The minimum absolute atomic E-state index is 0.0452. The Kier molecular flexibility index (Phi) is 6.16. The Morgan fingerprint density at radius 2 is 1.97 bits per heavy atom. The fraction of sp³-hybridized carbons (Fsp3) is 0.391. The number of nitriles is 1. The van der Waals surface area contributed by atoms with E-state index < -0.39 is 0 Å². The molecule has 3 rings (SSSR count). The maximum atomic E-state index is 12.4. The van der Waals surface area contributed by atoms with Crippen LogP contribution in [0.4, 0.5) is 11.7 Å². The van der Waals surface area contributed by atoms with Gasteiger partial charge in [-0.3, -0.25) is 10.1 Å². The molecule has 0 radical (unpaired) electrons. The molecule has 0 saturated carbocycles. The fourth-order valence-corrected chi connectivity index (χ4v) is 3.30. The summed E-state index contributed by atoms with van der Waals surface area (Å²) in [6, 6.07) is 11.3. The standard InChI is InChI=1S/C23H28N6O2/c1-14(2)29-22(25)18(13-24)21(27-29)16-8-6-15(7-9-16)10-19(30)26-20-11-17(28-31-20)12-23(3,4)5/h6-9,11,14H,10,12,25H2,1-5H3,(H,26,30). The molecule has 0 atom stereocenters. The molecule has 0 bridgehead atoms. The van der Waals surface area contributed by atoms with Crippen LogP contribution in [-0.2, 0) is 17.6 Å². The van der Waals surface area contributed by atoms with E-state index in [1.807, 2.05) is 38.1 Å². The van der Waals surface area contributed by atoms with Crippen LogP contribution in [0.5, 0.6) is 0 Å². The third-order valence-corrected chi connectivity index (χ3v) is 4.67. The van der Waals surface area contributed by atoms with Crippen molar-refractivity contribution in [1.82, 2.24) is 14.9 Å². The number of hydrogen-bond donors (Lipinski definition) is 2. The first-order valence-corrected chi connectivity index (χ1v) is 10.2. The summed E-state index contributed by atoms with van der Waals surface area (Å²) in [5.74, 6) is 0.500. The molecule has 0 saturated heterocycles. The SMILES string of the molecule is CC(C)n1nc(-c2ccc(CC(=O)Nc3cc(CC(C)(C)C)no3)cc2)c(C#N)c1N. The molecule has 31 heavy (non-hydrogen) atoms. The third-order valence-electron chi connectivity index (χ3n) is 4.67. The highest BCUT2D eigenvalue weighted by molar-refractivity contribution is 5.91. The van der Waals surface area contributed by atoms with Gasteiger partial charge in [0, 0.05) is 17.7 Å². The zero-order chi connectivity index (χ0) is 22.8. The molecule has 8 heteroatoms. The topological polar surface area (TPSA) is 123 Å². The van der Waals surface area contributed by atoms with Crippen molar-refractivity contribution in [1.29, 1.82) is 5.26 Å². The summed E-state index contributed by atoms with van der Waals surface area (Å²) in [4.78, 5) is 12.4. The first-order valence-electron chi connectivity index (χ1n) is 10.2. The summed E-state index contributed by atoms with van der Waals surface area (Å²) in [5.41, 5.74) is 9.45. The van der Waals surface area contributed by atoms with Gasteiger partial charge in [0.05, 0.1) is 12.1 Å². The van der Waals surface area contributed by atoms with E-state index in [2.05, 4.69) is 42.4 Å². The van der Waals surface area contributed by atoms with E-state index in [9.17, 15) is 10.1 Å². The summed E-state index contributed by atoms with van der Waals surface area (Å²) in [6.07, 6.45) is 0.943. The van der Waals surface area contributed by atoms with E-state index in [0.717, 1.165) is 23.2 Å². The first-order chi connectivity index (χ1) is 14.6. The number of nitrogens with one attached hydrogen (secondary N) is 1. The van der Waals surface area contributed by atoms with Crippen LogP contribution in [0.25, 0.3) is 11.3 Å². The van der Waals surface area contributed by atoms with Crippen molar-refractivity contribution >= 4 is 17.6 Å². The van der Waals surface area contributed by atoms with Gasteiger partial charge in [-0.15, -0.1) is 0 Å². The molecule has 0 spiro atoms. The minimum atomic E-state index is -0.197. The van der Waals surface area contributed by atoms with Gasteiger partial charge < -0.3 is 10.3 Å². The number of carbonyl (C=O) groups is 1. The van der Waals surface area contributed by atoms with Gasteiger partial charge in [0.25, 0.3) is 0 Å². The average molecular weight is 421 g/mol. The molecular weight excluding hydrogens is 392 g/mol. The molecule has 3 N–H and O–H groups in total. The maximum absolute atomic E-state index is 12.4. The Bertz CT molecular complexity index is 1110. The number of carbonyl (C=O) groups excluding carboxylic acids is 1. The lowest BCUT2D eigenvalue weighted by atomic mass is 9.91. The third kappa shape index (κ3) is 5.31. The van der Waals surface area contributed by atoms with Crippen molar-refractivity contribution in [2.24, 2.45) is 5.41 Å². The van der Waals surface area contributed by atoms with E-state index in [0.29, 0.717) is 23.0 Å². The molecule has 2 aromatic heterocycles. The number of benzene rings is 1. The van der Waals surface area contributed by atoms with Crippen LogP contribution in [0.3, 0.4) is 0 Å². The number of hydrogen-bond acceptors (Lipinski definition) is 6. The van der Waals surface area contributed by atoms with Gasteiger partial charge >= 0.3 is 0 Å². The minimum Gasteiger partial charge on any atom is -0.383 e. The van der Waals surface area contributed by atoms with Crippen molar-refractivity contribution in [3.63, 3.8) is 0 Å². The summed E-state index contributed by atoms with van der Waals surface area (Å²) in [5, 5.41) is 20.7. The summed E-state index contributed by atoms with van der Waals surface area (Å²) in [7, 11) is 0. The lowest BCUT2D eigenvalue weighted by Crippen LogP contribution is -2.14. The van der Waals surface area contributed by atoms with Crippen LogP contribution in [0, 0.1) is 16.7 Å². The second kappa shape index (κ2) is 8.64. The number of rotatable bonds is 6. The second-order valence-electron chi connectivity index (χ2n) is 9.10. The Balaban J connectivity index is 1.68. The number of amides is 1. The quantitative estimate of drug-likeness (QED) is 0.611. The highest BCUT2D eigenvalue weighted by Crippen LogP contribution is 2.29. The van der Waals surface area contributed by atoms with Crippen LogP contribution in [0.15, 0.2) is 34.9 Å². The molecule has 0 aliphatic heterocycles. The smallest absolute Gasteiger partial charge is 0.231 e. The molecule has 8 nitrogen and oxygen atoms in total. The molecule has 0 unspecified atom stereocenters. The highest BCUT2D eigenvalue weighted by atomic mass is 16.5. The Hall–Kier alpha value is -3.60. The summed E-state index contributed by atoms with van der Waals surface area (Å²) in [6.45, 7) is 10.3. The number of anilines is 2. The van der Waals surface area contributed by atoms with E-state index in [4.69, 9.17) is 10.3 Å². The Morgan fingerprint density at radius 1 is 1.29 bits per heavy atom. The van der Waals surface area contributed by atoms with Crippen LogP contribution in [0.2, 0.25) is 0 Å². The van der Waals surface area contributed by atoms with Crippen molar-refractivity contribution in [3.8, 4) is 17.3 Å². The Morgan fingerprint density at radius 3 is 2.55 bits per heavy atom. The van der Waals surface area contributed by atoms with Gasteiger partial charge in [-0.2, -0.15) is 10.4 Å². The molecule has 0 aliphatic carbocycles. The molecule has 1 aromatic carbocycles. The monoisotopic (exact) mass is 420 g/mol. The summed E-state index contributed by atoms with van der Waals surface area (Å²) < 4.78 is 6.86. The lowest BCUT2D eigenvalue weighted by Gasteiger charge is -2.14. The zero-order valence-corrected chi connectivity index (χ0v) is 18.6. The van der Waals surface area contributed by atoms with Crippen molar-refractivity contribution in [2.45, 2.75) is 53.5 Å². The number of nitrogens with zero attached hydrogens (tertiary/aromatic N) is 4. The van der Waals surface area contributed by atoms with E-state index >= 15 is 0 Å². The number of nitrogen functional groups attached to an aromatic ring is 1. The lowest BCUT2D eigenvalue weighted by molar-refractivity contribution is -0.115. The van der Waals surface area contributed by atoms with E-state index in [1.165, 1.54) is 0 Å². The van der Waals surface area contributed by atoms with Crippen molar-refractivity contribution in [3.05, 3.63) is 47.2 Å². The van der Waals surface area contributed by atoms with Gasteiger partial charge in [-0.1, -0.05) is 50.2 Å². The van der Waals surface area contributed by atoms with Gasteiger partial charge in [-0.25, -0.2) is 4.68 Å². The van der Waals surface area contributed by atoms with Gasteiger partial charge in [0.15, 0.2) is 0 Å². The van der Waals surface area contributed by atoms with Gasteiger partial charge in [0.1, 0.15) is 23.1 Å². The average Bonchev–Trinajstić information content (AvgIpc) is 3.24. The Labute approximate surface area is 182 Å². The van der Waals surface area contributed by atoms with E-state index in [1.54, 1.807) is 10.7 Å². The first kappa shape index (κ1) is 22.1. The number of nitrogens with two attached hydrogens (primary N) is 1. The predicted molar refractivity (Wildman–Crippen MR) is 119 cm³/mol. The van der Waals surface area contributed by atoms with Gasteiger partial charge in [-0.05, 0) is 31.2 Å². The highest BCUT2D eigenvalue weighted by Gasteiger charge is 2.19. The normalized spacial score (nSPS) is 11.5. The molecular formula is C23H28N6O2. The molecule has 0 aliphatic rings. The van der Waals surface area contributed by atoms with Crippen LogP contribution in [-0.4, -0.2) is 20.8 Å². The molecule has 3 aromatic rings. The van der Waals surface area contributed by atoms with Gasteiger partial charge in [0.2, 0.25) is 11.8 Å². The summed E-state index contributed by atoms with van der Waals surface area (Å²) >= 11 is 0. The van der Waals surface area contributed by atoms with Crippen LogP contribution in [0.1, 0.15) is 57.5 Å². The van der Waals surface area contributed by atoms with Crippen molar-refractivity contribution < 1.29 is 9.32 Å². The second-order valence-corrected chi connectivity index (χ2v) is 9.10. The maximum Gasteiger partial charge on any atom is 0.231 e. The van der Waals surface area contributed by atoms with Crippen LogP contribution >= 0.6 is 0 Å². The number of aromatic nitrogens is 3. The molecule has 0 fully saturated rings. The molecule has 2 heterocycles. The fourth-order valence-electron chi connectivity index (χ4n) is 3.30. The zero-order valence-electron chi connectivity index (χ0n) is 18.6. The van der Waals surface area contributed by atoms with Crippen molar-refractivity contribution in [2.75, 3.05) is 11.1 Å². The molecule has 1 amide bonds. The molecule has 162 valence electrons.